The van der Waals surface area contributed by atoms with E-state index >= 15 is 0 Å². The van der Waals surface area contributed by atoms with Crippen molar-refractivity contribution in [3.63, 3.8) is 0 Å². The second-order valence-electron chi connectivity index (χ2n) is 10.3. The number of nitrogens with one attached hydrogen (secondary N) is 3. The summed E-state index contributed by atoms with van der Waals surface area (Å²) in [5.41, 5.74) is 1.68. The number of sulfonamides is 1. The summed E-state index contributed by atoms with van der Waals surface area (Å²) >= 11 is 0. The Labute approximate surface area is 226 Å². The number of urea groups is 1. The van der Waals surface area contributed by atoms with Crippen LogP contribution in [0.1, 0.15) is 51.0 Å². The first kappa shape index (κ1) is 28.2. The molecule has 2 aromatic rings. The predicted octanol–water partition coefficient (Wildman–Crippen LogP) is 4.10. The van der Waals surface area contributed by atoms with Crippen molar-refractivity contribution in [2.45, 2.75) is 67.8 Å². The Morgan fingerprint density at radius 2 is 1.89 bits per heavy atom. The lowest BCUT2D eigenvalue weighted by Gasteiger charge is -2.45. The van der Waals surface area contributed by atoms with Crippen molar-refractivity contribution < 1.29 is 22.7 Å². The van der Waals surface area contributed by atoms with Gasteiger partial charge in [-0.05, 0) is 81.6 Å². The van der Waals surface area contributed by atoms with Crippen molar-refractivity contribution >= 4 is 21.7 Å². The van der Waals surface area contributed by atoms with E-state index in [2.05, 4.69) is 39.4 Å². The largest absolute Gasteiger partial charge is 0.493 e. The number of rotatable bonds is 10. The summed E-state index contributed by atoms with van der Waals surface area (Å²) in [5, 5.41) is 5.95. The molecule has 3 N–H and O–H groups in total. The molecule has 38 heavy (non-hydrogen) atoms. The number of methoxy groups -OCH3 is 2. The smallest absolute Gasteiger partial charge is 0.319 e. The number of fused-ring (bicyclic) bond motifs is 1. The number of hydrogen-bond donors (Lipinski definition) is 3. The normalized spacial score (nSPS) is 23.5. The first-order valence-corrected chi connectivity index (χ1v) is 14.8. The molecule has 0 bridgehead atoms. The minimum atomic E-state index is -3.62. The van der Waals surface area contributed by atoms with Gasteiger partial charge in [0.05, 0.1) is 19.1 Å². The minimum Gasteiger partial charge on any atom is -0.493 e. The molecule has 2 fully saturated rings. The highest BCUT2D eigenvalue weighted by Crippen LogP contribution is 2.49. The zero-order valence-electron chi connectivity index (χ0n) is 22.7. The molecule has 10 heteroatoms. The number of carbonyl (C=O) groups is 1. The van der Waals surface area contributed by atoms with Gasteiger partial charge in [0.15, 0.2) is 11.5 Å². The van der Waals surface area contributed by atoms with Crippen molar-refractivity contribution in [3.8, 4) is 11.5 Å². The van der Waals surface area contributed by atoms with Crippen LogP contribution >= 0.6 is 0 Å². The van der Waals surface area contributed by atoms with Crippen molar-refractivity contribution in [2.24, 2.45) is 0 Å². The summed E-state index contributed by atoms with van der Waals surface area (Å²) in [6.45, 7) is 3.38. The number of anilines is 1. The molecule has 3 atom stereocenters. The van der Waals surface area contributed by atoms with Crippen LogP contribution in [-0.4, -0.2) is 65.8 Å². The van der Waals surface area contributed by atoms with E-state index < -0.39 is 10.0 Å². The first-order chi connectivity index (χ1) is 18.2. The van der Waals surface area contributed by atoms with E-state index in [1.165, 1.54) is 17.7 Å². The molecular formula is C28H40N4O5S. The van der Waals surface area contributed by atoms with Crippen LogP contribution in [-0.2, 0) is 15.4 Å². The van der Waals surface area contributed by atoms with Gasteiger partial charge in [0.1, 0.15) is 0 Å². The Kier molecular flexibility index (Phi) is 8.85. The van der Waals surface area contributed by atoms with Crippen LogP contribution in [0.4, 0.5) is 10.5 Å². The summed E-state index contributed by atoms with van der Waals surface area (Å²) in [4.78, 5) is 15.4. The molecule has 1 heterocycles. The predicted molar refractivity (Wildman–Crippen MR) is 149 cm³/mol. The van der Waals surface area contributed by atoms with Gasteiger partial charge in [-0.15, -0.1) is 0 Å². The Morgan fingerprint density at radius 1 is 1.11 bits per heavy atom. The molecule has 9 nitrogen and oxygen atoms in total. The number of carbonyl (C=O) groups excluding carboxylic acids is 1. The van der Waals surface area contributed by atoms with E-state index in [4.69, 9.17) is 9.47 Å². The highest BCUT2D eigenvalue weighted by molar-refractivity contribution is 7.89. The van der Waals surface area contributed by atoms with Crippen LogP contribution in [0.3, 0.4) is 0 Å². The highest BCUT2D eigenvalue weighted by Gasteiger charge is 2.50. The van der Waals surface area contributed by atoms with Gasteiger partial charge < -0.3 is 25.0 Å². The van der Waals surface area contributed by atoms with Crippen LogP contribution in [0.25, 0.3) is 0 Å². The molecule has 1 saturated carbocycles. The number of ether oxygens (including phenoxy) is 2. The zero-order valence-corrected chi connectivity index (χ0v) is 23.6. The summed E-state index contributed by atoms with van der Waals surface area (Å²) in [6.07, 6.45) is 5.34. The van der Waals surface area contributed by atoms with Crippen LogP contribution in [0.5, 0.6) is 11.5 Å². The average Bonchev–Trinajstić information content (AvgIpc) is 3.25. The van der Waals surface area contributed by atoms with E-state index in [1.54, 1.807) is 26.4 Å². The summed E-state index contributed by atoms with van der Waals surface area (Å²) in [6, 6.07) is 12.5. The molecule has 0 aromatic heterocycles. The number of benzene rings is 2. The number of likely N-dealkylation sites (tertiary alicyclic amines) is 1. The van der Waals surface area contributed by atoms with Crippen LogP contribution in [0.15, 0.2) is 47.4 Å². The van der Waals surface area contributed by atoms with Gasteiger partial charge in [-0.2, -0.15) is 0 Å². The second-order valence-corrected chi connectivity index (χ2v) is 12.1. The Morgan fingerprint density at radius 3 is 2.63 bits per heavy atom. The van der Waals surface area contributed by atoms with Gasteiger partial charge in [-0.25, -0.2) is 17.9 Å². The number of amides is 2. The molecule has 2 aliphatic rings. The van der Waals surface area contributed by atoms with E-state index in [0.717, 1.165) is 56.6 Å². The maximum Gasteiger partial charge on any atom is 0.319 e. The lowest BCUT2D eigenvalue weighted by molar-refractivity contribution is 0.156. The third-order valence-electron chi connectivity index (χ3n) is 8.05. The van der Waals surface area contributed by atoms with Gasteiger partial charge >= 0.3 is 6.03 Å². The van der Waals surface area contributed by atoms with E-state index in [0.29, 0.717) is 12.2 Å². The zero-order chi connectivity index (χ0) is 27.3. The number of unbranched alkanes of at least 4 members (excludes halogenated alkanes) is 1. The minimum absolute atomic E-state index is 0.00355. The average molecular weight is 545 g/mol. The van der Waals surface area contributed by atoms with Gasteiger partial charge in [0.2, 0.25) is 10.0 Å². The first-order valence-electron chi connectivity index (χ1n) is 13.3. The lowest BCUT2D eigenvalue weighted by Crippen LogP contribution is -2.52. The fourth-order valence-corrected chi connectivity index (χ4v) is 7.07. The Bertz CT molecular complexity index is 1240. The van der Waals surface area contributed by atoms with Crippen LogP contribution in [0.2, 0.25) is 0 Å². The fourth-order valence-electron chi connectivity index (χ4n) is 5.95. The van der Waals surface area contributed by atoms with Gasteiger partial charge in [-0.3, -0.25) is 0 Å². The molecule has 2 aromatic carbocycles. The maximum absolute atomic E-state index is 12.9. The van der Waals surface area contributed by atoms with Crippen molar-refractivity contribution in [3.05, 3.63) is 48.0 Å². The third-order valence-corrected chi connectivity index (χ3v) is 9.50. The molecule has 208 valence electrons. The summed E-state index contributed by atoms with van der Waals surface area (Å²) in [5.74, 6) is 1.45. The molecule has 1 aliphatic heterocycles. The molecule has 4 rings (SSSR count). The second kappa shape index (κ2) is 11.9. The fraction of sp³-hybridized carbons (Fsp3) is 0.536. The van der Waals surface area contributed by atoms with Gasteiger partial charge in [0.25, 0.3) is 0 Å². The quantitative estimate of drug-likeness (QED) is 0.389. The Balaban J connectivity index is 1.42. The molecule has 3 unspecified atom stereocenters. The molecule has 1 aliphatic carbocycles. The van der Waals surface area contributed by atoms with E-state index in [9.17, 15) is 13.2 Å². The van der Waals surface area contributed by atoms with Gasteiger partial charge in [-0.1, -0.05) is 25.5 Å². The Hall–Kier alpha value is -2.82. The van der Waals surface area contributed by atoms with E-state index in [-0.39, 0.29) is 28.4 Å². The monoisotopic (exact) mass is 544 g/mol. The topological polar surface area (TPSA) is 109 Å². The van der Waals surface area contributed by atoms with Gasteiger partial charge in [0, 0.05) is 29.7 Å². The number of nitrogens with zero attached hydrogens (tertiary/aromatic N) is 1. The van der Waals surface area contributed by atoms with E-state index in [1.807, 2.05) is 13.0 Å². The molecule has 0 radical (unpaired) electrons. The lowest BCUT2D eigenvalue weighted by atomic mass is 9.65. The summed E-state index contributed by atoms with van der Waals surface area (Å²) in [7, 11) is 1.83. The van der Waals surface area contributed by atoms with Crippen LogP contribution in [0, 0.1) is 0 Å². The van der Waals surface area contributed by atoms with Crippen LogP contribution < -0.4 is 24.8 Å². The molecule has 0 spiro atoms. The molecule has 2 amide bonds. The van der Waals surface area contributed by atoms with Crippen molar-refractivity contribution in [1.82, 2.24) is 14.9 Å². The van der Waals surface area contributed by atoms with Crippen molar-refractivity contribution in [1.29, 1.82) is 0 Å². The summed E-state index contributed by atoms with van der Waals surface area (Å²) < 4.78 is 38.7. The SMILES string of the molecule is CCCCNS(=O)(=O)c1cccc(NC(=O)NC2CCC3(c4ccc(OC)c(OC)c4)CCN(C)C3C2)c1. The van der Waals surface area contributed by atoms with Crippen molar-refractivity contribution in [2.75, 3.05) is 39.7 Å². The third kappa shape index (κ3) is 5.92. The highest BCUT2D eigenvalue weighted by atomic mass is 32.2. The number of likely N-dealkylation sites (N-methyl/N-ethyl adjacent to an activating group) is 1. The standard InChI is InChI=1S/C28H40N4O5S/c1-5-6-15-29-38(34,35)23-9-7-8-21(18-23)30-27(33)31-22-12-13-28(14-16-32(2)26(28)19-22)20-10-11-24(36-3)25(17-20)37-4/h7-11,17-18,22,26,29H,5-6,12-16,19H2,1-4H3,(H2,30,31,33). The maximum atomic E-state index is 12.9. The number of hydrogen-bond acceptors (Lipinski definition) is 6. The molecular weight excluding hydrogens is 504 g/mol. The molecule has 1 saturated heterocycles.